The first kappa shape index (κ1) is 31.5. The maximum Gasteiger partial charge on any atom is 0 e. The van der Waals surface area contributed by atoms with Gasteiger partial charge in [0.15, 0.2) is 0 Å². The smallest absolute Gasteiger partial charge is 0 e. The largest absolute Gasteiger partial charge is 0 e. The summed E-state index contributed by atoms with van der Waals surface area (Å²) in [6, 6.07) is 0. The van der Waals surface area contributed by atoms with Gasteiger partial charge in [-0.05, 0) is 13.3 Å². The molecular weight excluding hydrogens is 308 g/mol. The Bertz CT molecular complexity index is 256. The molecule has 0 fully saturated rings. The predicted molar refractivity (Wildman–Crippen MR) is 64.1 cm³/mol. The molecule has 6 nitrogen and oxygen atoms in total. The molecule has 114 valence electrons. The van der Waals surface area contributed by atoms with Crippen molar-refractivity contribution in [3.05, 3.63) is 44.3 Å². The topological polar surface area (TPSA) is 120 Å². The molecule has 0 aliphatic rings. The third-order valence-corrected chi connectivity index (χ3v) is 1.61. The van der Waals surface area contributed by atoms with Crippen LogP contribution in [-0.4, -0.2) is 34.1 Å². The van der Waals surface area contributed by atoms with Gasteiger partial charge in [0.2, 0.25) is 0 Å². The van der Waals surface area contributed by atoms with Gasteiger partial charge in [-0.3, -0.25) is 0 Å². The molecule has 3 N–H and O–H groups in total. The van der Waals surface area contributed by atoms with E-state index in [9.17, 15) is 10.2 Å². The minimum atomic E-state index is -0.641. The second-order valence-electron chi connectivity index (χ2n) is 2.88. The van der Waals surface area contributed by atoms with Gasteiger partial charge in [0.1, 0.15) is 0 Å². The average molecular weight is 326 g/mol. The SMILES string of the molecule is C/C=C/C=C/[C@H](O)C[C@@H](O)CCO.[C-]#[O+].[C-]#[O+].[C-]#[O+].[Fe]. The van der Waals surface area contributed by atoms with Crippen molar-refractivity contribution < 1.29 is 46.3 Å². The van der Waals surface area contributed by atoms with Gasteiger partial charge in [-0.15, -0.1) is 0 Å². The molecule has 0 saturated carbocycles. The monoisotopic (exact) mass is 326 g/mol. The molecule has 2 atom stereocenters. The Balaban J connectivity index is -0.0000000940. The predicted octanol–water partition coefficient (Wildman–Crippen LogP) is 0.498. The maximum atomic E-state index is 9.31. The molecule has 0 saturated heterocycles. The fourth-order valence-corrected chi connectivity index (χ4v) is 0.928. The van der Waals surface area contributed by atoms with E-state index in [2.05, 4.69) is 20.0 Å². The van der Waals surface area contributed by atoms with Crippen molar-refractivity contribution in [2.24, 2.45) is 0 Å². The Kier molecular flexibility index (Phi) is 56.9. The van der Waals surface area contributed by atoms with Gasteiger partial charge in [0.25, 0.3) is 0 Å². The number of aliphatic hydroxyl groups excluding tert-OH is 3. The molecule has 0 heterocycles. The number of hydrogen-bond donors (Lipinski definition) is 3. The van der Waals surface area contributed by atoms with Gasteiger partial charge >= 0.3 is 33.9 Å². The quantitative estimate of drug-likeness (QED) is 0.285. The first-order valence-electron chi connectivity index (χ1n) is 5.08. The summed E-state index contributed by atoms with van der Waals surface area (Å²) in [4.78, 5) is 0. The molecule has 20 heavy (non-hydrogen) atoms. The Morgan fingerprint density at radius 2 is 1.45 bits per heavy atom. The summed E-state index contributed by atoms with van der Waals surface area (Å²) < 4.78 is 22.5. The molecule has 0 aromatic carbocycles. The van der Waals surface area contributed by atoms with E-state index in [1.54, 1.807) is 12.2 Å². The first-order valence-corrected chi connectivity index (χ1v) is 5.08. The maximum absolute atomic E-state index is 9.31. The van der Waals surface area contributed by atoms with Crippen molar-refractivity contribution >= 4 is 0 Å². The van der Waals surface area contributed by atoms with E-state index in [-0.39, 0.29) is 30.1 Å². The molecule has 0 spiro atoms. The van der Waals surface area contributed by atoms with Gasteiger partial charge < -0.3 is 15.3 Å². The Morgan fingerprint density at radius 1 is 1.00 bits per heavy atom. The van der Waals surface area contributed by atoms with Crippen LogP contribution >= 0.6 is 0 Å². The minimum Gasteiger partial charge on any atom is 0 e. The van der Waals surface area contributed by atoms with Crippen molar-refractivity contribution in [3.8, 4) is 0 Å². The molecule has 0 unspecified atom stereocenters. The fraction of sp³-hybridized carbons (Fsp3) is 0.462. The summed E-state index contributed by atoms with van der Waals surface area (Å²) >= 11 is 0. The van der Waals surface area contributed by atoms with E-state index in [1.807, 2.05) is 19.1 Å². The Labute approximate surface area is 129 Å². The van der Waals surface area contributed by atoms with E-state index in [1.165, 1.54) is 0 Å². The first-order chi connectivity index (χ1) is 9.20. The van der Waals surface area contributed by atoms with Crippen LogP contribution in [0.15, 0.2) is 24.3 Å². The van der Waals surface area contributed by atoms with E-state index >= 15 is 0 Å². The molecule has 0 radical (unpaired) electrons. The fourth-order valence-electron chi connectivity index (χ4n) is 0.928. The molecular formula is C13H18FeO6. The number of rotatable bonds is 6. The van der Waals surface area contributed by atoms with Crippen molar-refractivity contribution in [2.45, 2.75) is 32.0 Å². The van der Waals surface area contributed by atoms with E-state index in [0.29, 0.717) is 6.42 Å². The Hall–Kier alpha value is -0.901. The normalized spacial score (nSPS) is 11.3. The third-order valence-electron chi connectivity index (χ3n) is 1.61. The number of hydrogen-bond acceptors (Lipinski definition) is 3. The summed E-state index contributed by atoms with van der Waals surface area (Å²) in [7, 11) is 0. The van der Waals surface area contributed by atoms with Gasteiger partial charge in [-0.2, -0.15) is 0 Å². The molecule has 0 aliphatic heterocycles. The Morgan fingerprint density at radius 3 is 1.80 bits per heavy atom. The molecule has 0 bridgehead atoms. The van der Waals surface area contributed by atoms with Crippen LogP contribution in [-0.2, 0) is 31.0 Å². The van der Waals surface area contributed by atoms with Crippen LogP contribution in [0.2, 0.25) is 0 Å². The molecule has 7 heteroatoms. The van der Waals surface area contributed by atoms with Crippen molar-refractivity contribution in [2.75, 3.05) is 6.61 Å². The van der Waals surface area contributed by atoms with Crippen LogP contribution in [0.25, 0.3) is 0 Å². The van der Waals surface area contributed by atoms with Crippen LogP contribution in [0, 0.1) is 20.0 Å². The van der Waals surface area contributed by atoms with Gasteiger partial charge in [0, 0.05) is 30.1 Å². The number of aliphatic hydroxyl groups is 3. The summed E-state index contributed by atoms with van der Waals surface area (Å²) in [5.41, 5.74) is 0. The zero-order valence-electron chi connectivity index (χ0n) is 11.0. The number of allylic oxidation sites excluding steroid dienone is 3. The zero-order chi connectivity index (χ0) is 16.1. The van der Waals surface area contributed by atoms with Crippen LogP contribution in [0.1, 0.15) is 19.8 Å². The second-order valence-corrected chi connectivity index (χ2v) is 2.88. The van der Waals surface area contributed by atoms with Crippen LogP contribution in [0.4, 0.5) is 0 Å². The second kappa shape index (κ2) is 36.1. The summed E-state index contributed by atoms with van der Waals surface area (Å²) in [6.45, 7) is 15.3. The van der Waals surface area contributed by atoms with Crippen molar-refractivity contribution in [3.63, 3.8) is 0 Å². The summed E-state index contributed by atoms with van der Waals surface area (Å²) in [5, 5.41) is 27.0. The van der Waals surface area contributed by atoms with Crippen molar-refractivity contribution in [1.82, 2.24) is 0 Å². The van der Waals surface area contributed by atoms with Gasteiger partial charge in [0.05, 0.1) is 12.2 Å². The molecule has 0 rings (SSSR count). The van der Waals surface area contributed by atoms with Crippen molar-refractivity contribution in [1.29, 1.82) is 0 Å². The zero-order valence-corrected chi connectivity index (χ0v) is 12.1. The minimum absolute atomic E-state index is 0. The van der Waals surface area contributed by atoms with E-state index in [4.69, 9.17) is 19.1 Å². The van der Waals surface area contributed by atoms with Gasteiger partial charge in [-0.25, -0.2) is 0 Å². The molecule has 0 amide bonds. The van der Waals surface area contributed by atoms with E-state index in [0.717, 1.165) is 0 Å². The van der Waals surface area contributed by atoms with Crippen LogP contribution in [0.5, 0.6) is 0 Å². The van der Waals surface area contributed by atoms with Gasteiger partial charge in [-0.1, -0.05) is 24.3 Å². The molecule has 0 aromatic rings. The average Bonchev–Trinajstić information content (AvgIpc) is 2.46. The third kappa shape index (κ3) is 36.0. The summed E-state index contributed by atoms with van der Waals surface area (Å²) in [6.07, 6.45) is 6.32. The molecule has 0 aromatic heterocycles. The van der Waals surface area contributed by atoms with Crippen LogP contribution < -0.4 is 0 Å². The summed E-state index contributed by atoms with van der Waals surface area (Å²) in [5.74, 6) is 0. The van der Waals surface area contributed by atoms with Crippen LogP contribution in [0.3, 0.4) is 0 Å². The standard InChI is InChI=1S/C10H18O3.3CO.Fe/c1-2-3-4-5-9(12)8-10(13)6-7-11;3*1-2;/h2-5,9-13H,6-8H2,1H3;;;;/b3-2+,5-4+;;;;/t9-,10-;;;;/m0..../s1. The molecule has 0 aliphatic carbocycles. The van der Waals surface area contributed by atoms with E-state index < -0.39 is 12.2 Å².